The number of benzene rings is 3. The van der Waals surface area contributed by atoms with E-state index in [1.54, 1.807) is 12.4 Å². The van der Waals surface area contributed by atoms with Crippen LogP contribution in [0.3, 0.4) is 0 Å². The number of aryl methyl sites for hydroxylation is 4. The number of nitrogens with zero attached hydrogens (tertiary/aromatic N) is 2. The standard InChI is InChI=1S/C30H32ClFN2O/c1-2-3-4-5-18-35-27-20-33-29(34-21-27)17-10-23-9-16-28-25(19-23)13-12-24(30(28)32)11-6-22-7-14-26(31)15-8-22/h7-9,12-16,19-21H,2-6,10-11,17-18H2,1H3. The van der Waals surface area contributed by atoms with E-state index in [0.717, 1.165) is 59.3 Å². The first-order valence-corrected chi connectivity index (χ1v) is 12.9. The highest BCUT2D eigenvalue weighted by Gasteiger charge is 2.09. The fraction of sp³-hybridized carbons (Fsp3) is 0.333. The maximum absolute atomic E-state index is 15.2. The second-order valence-corrected chi connectivity index (χ2v) is 9.40. The number of fused-ring (bicyclic) bond motifs is 1. The second-order valence-electron chi connectivity index (χ2n) is 8.96. The van der Waals surface area contributed by atoms with E-state index >= 15 is 4.39 Å². The van der Waals surface area contributed by atoms with Gasteiger partial charge in [-0.05, 0) is 59.9 Å². The first kappa shape index (κ1) is 25.1. The Morgan fingerprint density at radius 2 is 1.54 bits per heavy atom. The van der Waals surface area contributed by atoms with Crippen molar-refractivity contribution >= 4 is 22.4 Å². The molecule has 0 radical (unpaired) electrons. The molecule has 0 amide bonds. The highest BCUT2D eigenvalue weighted by atomic mass is 35.5. The molecule has 3 nitrogen and oxygen atoms in total. The average Bonchev–Trinajstić information content (AvgIpc) is 2.88. The summed E-state index contributed by atoms with van der Waals surface area (Å²) in [5.74, 6) is 1.38. The molecule has 0 unspecified atom stereocenters. The fourth-order valence-corrected chi connectivity index (χ4v) is 4.31. The van der Waals surface area contributed by atoms with Gasteiger partial charge in [-0.15, -0.1) is 0 Å². The van der Waals surface area contributed by atoms with Gasteiger partial charge in [0, 0.05) is 16.8 Å². The molecule has 0 aliphatic rings. The van der Waals surface area contributed by atoms with E-state index in [9.17, 15) is 0 Å². The summed E-state index contributed by atoms with van der Waals surface area (Å²) in [5, 5.41) is 2.30. The molecular weight excluding hydrogens is 459 g/mol. The Morgan fingerprint density at radius 3 is 2.31 bits per heavy atom. The van der Waals surface area contributed by atoms with Crippen molar-refractivity contribution in [3.8, 4) is 5.75 Å². The molecule has 182 valence electrons. The fourth-order valence-electron chi connectivity index (χ4n) is 4.19. The Balaban J connectivity index is 1.32. The molecule has 0 spiro atoms. The van der Waals surface area contributed by atoms with E-state index in [1.165, 1.54) is 19.3 Å². The largest absolute Gasteiger partial charge is 0.490 e. The van der Waals surface area contributed by atoms with Crippen LogP contribution in [0.25, 0.3) is 10.8 Å². The molecule has 0 N–H and O–H groups in total. The van der Waals surface area contributed by atoms with E-state index in [4.69, 9.17) is 16.3 Å². The van der Waals surface area contributed by atoms with E-state index in [2.05, 4.69) is 23.0 Å². The van der Waals surface area contributed by atoms with Crippen LogP contribution in [-0.4, -0.2) is 16.6 Å². The topological polar surface area (TPSA) is 35.0 Å². The molecule has 4 rings (SSSR count). The average molecular weight is 491 g/mol. The summed E-state index contributed by atoms with van der Waals surface area (Å²) >= 11 is 5.95. The summed E-state index contributed by atoms with van der Waals surface area (Å²) in [6, 6.07) is 17.6. The quantitative estimate of drug-likeness (QED) is 0.189. The number of halogens is 2. The predicted molar refractivity (Wildman–Crippen MR) is 142 cm³/mol. The number of hydrogen-bond acceptors (Lipinski definition) is 3. The van der Waals surface area contributed by atoms with E-state index < -0.39 is 0 Å². The van der Waals surface area contributed by atoms with Gasteiger partial charge >= 0.3 is 0 Å². The lowest BCUT2D eigenvalue weighted by Crippen LogP contribution is -2.02. The minimum absolute atomic E-state index is 0.128. The van der Waals surface area contributed by atoms with Crippen molar-refractivity contribution < 1.29 is 9.13 Å². The van der Waals surface area contributed by atoms with Crippen molar-refractivity contribution in [2.24, 2.45) is 0 Å². The molecule has 0 aliphatic carbocycles. The van der Waals surface area contributed by atoms with Crippen LogP contribution in [0.4, 0.5) is 4.39 Å². The summed E-state index contributed by atoms with van der Waals surface area (Å²) in [7, 11) is 0. The Bertz CT molecular complexity index is 1230. The summed E-state index contributed by atoms with van der Waals surface area (Å²) in [4.78, 5) is 8.89. The Morgan fingerprint density at radius 1 is 0.800 bits per heavy atom. The maximum Gasteiger partial charge on any atom is 0.155 e. The summed E-state index contributed by atoms with van der Waals surface area (Å²) in [6.45, 7) is 2.91. The highest BCUT2D eigenvalue weighted by Crippen LogP contribution is 2.24. The minimum atomic E-state index is -0.128. The molecule has 0 aliphatic heterocycles. The van der Waals surface area contributed by atoms with Gasteiger partial charge in [0.15, 0.2) is 5.75 Å². The number of aromatic nitrogens is 2. The van der Waals surface area contributed by atoms with Crippen molar-refractivity contribution in [2.45, 2.75) is 58.3 Å². The van der Waals surface area contributed by atoms with Crippen LogP contribution in [0.15, 0.2) is 67.0 Å². The third-order valence-corrected chi connectivity index (χ3v) is 6.53. The van der Waals surface area contributed by atoms with Crippen LogP contribution in [0.1, 0.15) is 55.1 Å². The van der Waals surface area contributed by atoms with Crippen molar-refractivity contribution in [3.63, 3.8) is 0 Å². The SMILES string of the molecule is CCCCCCOc1cnc(CCc2ccc3c(F)c(CCc4ccc(Cl)cc4)ccc3c2)nc1. The van der Waals surface area contributed by atoms with Crippen molar-refractivity contribution in [2.75, 3.05) is 6.61 Å². The molecule has 4 aromatic rings. The Kier molecular flexibility index (Phi) is 9.08. The molecule has 3 aromatic carbocycles. The molecular formula is C30H32ClFN2O. The van der Waals surface area contributed by atoms with Crippen LogP contribution >= 0.6 is 11.6 Å². The number of rotatable bonds is 12. The van der Waals surface area contributed by atoms with Gasteiger partial charge in [-0.3, -0.25) is 0 Å². The number of ether oxygens (including phenoxy) is 1. The normalized spacial score (nSPS) is 11.2. The van der Waals surface area contributed by atoms with Gasteiger partial charge in [-0.1, -0.05) is 80.3 Å². The molecule has 0 saturated carbocycles. The minimum Gasteiger partial charge on any atom is -0.490 e. The van der Waals surface area contributed by atoms with Gasteiger partial charge in [0.1, 0.15) is 11.6 Å². The third kappa shape index (κ3) is 7.25. The second kappa shape index (κ2) is 12.6. The predicted octanol–water partition coefficient (Wildman–Crippen LogP) is 7.95. The Hall–Kier alpha value is -2.98. The lowest BCUT2D eigenvalue weighted by molar-refractivity contribution is 0.302. The van der Waals surface area contributed by atoms with Crippen LogP contribution in [0, 0.1) is 5.82 Å². The van der Waals surface area contributed by atoms with Gasteiger partial charge in [0.2, 0.25) is 0 Å². The van der Waals surface area contributed by atoms with Gasteiger partial charge in [0.05, 0.1) is 19.0 Å². The van der Waals surface area contributed by atoms with Gasteiger partial charge < -0.3 is 4.74 Å². The summed E-state index contributed by atoms with van der Waals surface area (Å²) < 4.78 is 20.9. The molecule has 0 bridgehead atoms. The van der Waals surface area contributed by atoms with Crippen LogP contribution in [0.5, 0.6) is 5.75 Å². The summed E-state index contributed by atoms with van der Waals surface area (Å²) in [6.07, 6.45) is 11.2. The van der Waals surface area contributed by atoms with Gasteiger partial charge in [-0.25, -0.2) is 14.4 Å². The van der Waals surface area contributed by atoms with Crippen LogP contribution in [-0.2, 0) is 25.7 Å². The van der Waals surface area contributed by atoms with E-state index in [1.807, 2.05) is 48.5 Å². The molecule has 0 fully saturated rings. The summed E-state index contributed by atoms with van der Waals surface area (Å²) in [5.41, 5.74) is 3.03. The van der Waals surface area contributed by atoms with Crippen LogP contribution < -0.4 is 4.74 Å². The monoisotopic (exact) mass is 490 g/mol. The lowest BCUT2D eigenvalue weighted by atomic mass is 9.98. The van der Waals surface area contributed by atoms with Crippen LogP contribution in [0.2, 0.25) is 5.02 Å². The molecule has 0 atom stereocenters. The zero-order chi connectivity index (χ0) is 24.5. The maximum atomic E-state index is 15.2. The molecule has 0 saturated heterocycles. The number of unbranched alkanes of at least 4 members (excludes halogenated alkanes) is 3. The van der Waals surface area contributed by atoms with E-state index in [-0.39, 0.29) is 5.82 Å². The molecule has 1 aromatic heterocycles. The van der Waals surface area contributed by atoms with Crippen molar-refractivity contribution in [3.05, 3.63) is 100 Å². The zero-order valence-electron chi connectivity index (χ0n) is 20.3. The molecule has 1 heterocycles. The van der Waals surface area contributed by atoms with Crippen molar-refractivity contribution in [1.82, 2.24) is 9.97 Å². The zero-order valence-corrected chi connectivity index (χ0v) is 21.0. The number of hydrogen-bond donors (Lipinski definition) is 0. The van der Waals surface area contributed by atoms with Gasteiger partial charge in [-0.2, -0.15) is 0 Å². The first-order valence-electron chi connectivity index (χ1n) is 12.5. The molecule has 35 heavy (non-hydrogen) atoms. The lowest BCUT2D eigenvalue weighted by Gasteiger charge is -2.09. The highest BCUT2D eigenvalue weighted by molar-refractivity contribution is 6.30. The van der Waals surface area contributed by atoms with Gasteiger partial charge in [0.25, 0.3) is 0 Å². The smallest absolute Gasteiger partial charge is 0.155 e. The van der Waals surface area contributed by atoms with E-state index in [0.29, 0.717) is 23.4 Å². The Labute approximate surface area is 212 Å². The molecule has 5 heteroatoms. The first-order chi connectivity index (χ1) is 17.1. The van der Waals surface area contributed by atoms with Crippen molar-refractivity contribution in [1.29, 1.82) is 0 Å². The third-order valence-electron chi connectivity index (χ3n) is 6.28.